The zero-order valence-corrected chi connectivity index (χ0v) is 12.7. The van der Waals surface area contributed by atoms with Gasteiger partial charge < -0.3 is 4.98 Å². The fourth-order valence-electron chi connectivity index (χ4n) is 2.77. The first-order valence-electron chi connectivity index (χ1n) is 7.02. The average molecular weight is 264 g/mol. The lowest BCUT2D eigenvalue weighted by atomic mass is 9.91. The summed E-state index contributed by atoms with van der Waals surface area (Å²) in [5.74, 6) is 2.57. The minimum absolute atomic E-state index is 0.105. The molecule has 2 rings (SSSR count). The highest BCUT2D eigenvalue weighted by molar-refractivity contribution is 7.71. The van der Waals surface area contributed by atoms with E-state index in [0.29, 0.717) is 5.92 Å². The molecular formula is C15H24N2S. The molecule has 18 heavy (non-hydrogen) atoms. The van der Waals surface area contributed by atoms with E-state index in [2.05, 4.69) is 37.7 Å². The van der Waals surface area contributed by atoms with Gasteiger partial charge in [0.2, 0.25) is 0 Å². The maximum absolute atomic E-state index is 5.32. The summed E-state index contributed by atoms with van der Waals surface area (Å²) in [6, 6.07) is 2.01. The van der Waals surface area contributed by atoms with Gasteiger partial charge in [0.15, 0.2) is 0 Å². The SMILES string of the molecule is CCC1CCC(c2nc(=S)cc(C(C)(C)C)[nH]2)C1. The molecule has 1 saturated carbocycles. The second kappa shape index (κ2) is 5.12. The van der Waals surface area contributed by atoms with Crippen molar-refractivity contribution in [2.24, 2.45) is 5.92 Å². The summed E-state index contributed by atoms with van der Waals surface area (Å²) in [5, 5.41) is 0. The molecule has 0 radical (unpaired) electrons. The fourth-order valence-corrected chi connectivity index (χ4v) is 2.98. The van der Waals surface area contributed by atoms with Gasteiger partial charge >= 0.3 is 0 Å². The normalized spacial score (nSPS) is 24.4. The largest absolute Gasteiger partial charge is 0.346 e. The van der Waals surface area contributed by atoms with Crippen molar-refractivity contribution in [1.29, 1.82) is 0 Å². The van der Waals surface area contributed by atoms with Gasteiger partial charge in [0.05, 0.1) is 0 Å². The second-order valence-corrected chi connectivity index (χ2v) is 6.97. The van der Waals surface area contributed by atoms with Crippen LogP contribution in [0.15, 0.2) is 6.07 Å². The van der Waals surface area contributed by atoms with Crippen molar-refractivity contribution in [2.45, 2.75) is 64.7 Å². The van der Waals surface area contributed by atoms with Crippen LogP contribution in [0.2, 0.25) is 0 Å². The van der Waals surface area contributed by atoms with Gasteiger partial charge in [0.1, 0.15) is 10.5 Å². The number of H-pyrrole nitrogens is 1. The first-order valence-corrected chi connectivity index (χ1v) is 7.42. The Morgan fingerprint density at radius 1 is 1.39 bits per heavy atom. The molecule has 1 aromatic heterocycles. The molecule has 2 nitrogen and oxygen atoms in total. The van der Waals surface area contributed by atoms with Gasteiger partial charge in [0, 0.05) is 17.0 Å². The minimum Gasteiger partial charge on any atom is -0.346 e. The number of hydrogen-bond acceptors (Lipinski definition) is 2. The molecule has 100 valence electrons. The standard InChI is InChI=1S/C15H24N2S/c1-5-10-6-7-11(8-10)14-16-12(15(2,3)4)9-13(18)17-14/h9-11H,5-8H2,1-4H3,(H,16,17,18). The van der Waals surface area contributed by atoms with Crippen molar-refractivity contribution in [1.82, 2.24) is 9.97 Å². The predicted octanol–water partition coefficient (Wildman–Crippen LogP) is 4.73. The van der Waals surface area contributed by atoms with E-state index in [1.54, 1.807) is 0 Å². The zero-order chi connectivity index (χ0) is 13.3. The Hall–Kier alpha value is -0.700. The smallest absolute Gasteiger partial charge is 0.130 e. The molecule has 1 fully saturated rings. The van der Waals surface area contributed by atoms with E-state index in [4.69, 9.17) is 12.2 Å². The highest BCUT2D eigenvalue weighted by Gasteiger charge is 2.27. The Morgan fingerprint density at radius 3 is 2.67 bits per heavy atom. The molecule has 1 heterocycles. The molecule has 1 aliphatic carbocycles. The van der Waals surface area contributed by atoms with Crippen LogP contribution in [0.25, 0.3) is 0 Å². The van der Waals surface area contributed by atoms with Crippen molar-refractivity contribution in [3.63, 3.8) is 0 Å². The quantitative estimate of drug-likeness (QED) is 0.782. The van der Waals surface area contributed by atoms with Crippen molar-refractivity contribution in [3.8, 4) is 0 Å². The molecule has 0 saturated heterocycles. The lowest BCUT2D eigenvalue weighted by Gasteiger charge is -2.21. The molecule has 0 bridgehead atoms. The van der Waals surface area contributed by atoms with Crippen molar-refractivity contribution < 1.29 is 0 Å². The van der Waals surface area contributed by atoms with E-state index in [1.165, 1.54) is 31.4 Å². The predicted molar refractivity (Wildman–Crippen MR) is 78.5 cm³/mol. The van der Waals surface area contributed by atoms with Crippen LogP contribution in [0, 0.1) is 10.6 Å². The van der Waals surface area contributed by atoms with Crippen LogP contribution in [-0.4, -0.2) is 9.97 Å². The maximum Gasteiger partial charge on any atom is 0.130 e. The molecule has 0 aliphatic heterocycles. The van der Waals surface area contributed by atoms with E-state index in [9.17, 15) is 0 Å². The van der Waals surface area contributed by atoms with Gasteiger partial charge in [-0.3, -0.25) is 0 Å². The summed E-state index contributed by atoms with van der Waals surface area (Å²) in [5.41, 5.74) is 1.31. The van der Waals surface area contributed by atoms with Gasteiger partial charge in [-0.15, -0.1) is 0 Å². The molecule has 3 heteroatoms. The Morgan fingerprint density at radius 2 is 2.11 bits per heavy atom. The zero-order valence-electron chi connectivity index (χ0n) is 11.9. The number of nitrogens with zero attached hydrogens (tertiary/aromatic N) is 1. The lowest BCUT2D eigenvalue weighted by molar-refractivity contribution is 0.511. The summed E-state index contributed by atoms with van der Waals surface area (Å²) >= 11 is 5.32. The maximum atomic E-state index is 5.32. The molecule has 0 spiro atoms. The van der Waals surface area contributed by atoms with Crippen molar-refractivity contribution in [3.05, 3.63) is 22.2 Å². The van der Waals surface area contributed by atoms with E-state index in [-0.39, 0.29) is 5.41 Å². The molecule has 2 atom stereocenters. The van der Waals surface area contributed by atoms with Gasteiger partial charge in [-0.2, -0.15) is 0 Å². The Labute approximate surface area is 115 Å². The third-order valence-corrected chi connectivity index (χ3v) is 4.28. The van der Waals surface area contributed by atoms with E-state index < -0.39 is 0 Å². The highest BCUT2D eigenvalue weighted by atomic mass is 32.1. The summed E-state index contributed by atoms with van der Waals surface area (Å²) in [6.45, 7) is 8.91. The fraction of sp³-hybridized carbons (Fsp3) is 0.733. The van der Waals surface area contributed by atoms with Gasteiger partial charge in [-0.05, 0) is 31.2 Å². The summed E-state index contributed by atoms with van der Waals surface area (Å²) in [4.78, 5) is 8.09. The van der Waals surface area contributed by atoms with E-state index in [0.717, 1.165) is 16.4 Å². The van der Waals surface area contributed by atoms with E-state index >= 15 is 0 Å². The number of aromatic amines is 1. The molecule has 2 unspecified atom stereocenters. The average Bonchev–Trinajstić information content (AvgIpc) is 2.75. The van der Waals surface area contributed by atoms with Crippen LogP contribution in [0.5, 0.6) is 0 Å². The Kier molecular flexibility index (Phi) is 3.90. The van der Waals surface area contributed by atoms with Crippen LogP contribution in [-0.2, 0) is 5.41 Å². The lowest BCUT2D eigenvalue weighted by Crippen LogP contribution is -2.16. The summed E-state index contributed by atoms with van der Waals surface area (Å²) in [7, 11) is 0. The molecule has 1 aliphatic rings. The third kappa shape index (κ3) is 3.00. The summed E-state index contributed by atoms with van der Waals surface area (Å²) < 4.78 is 0.730. The third-order valence-electron chi connectivity index (χ3n) is 4.07. The van der Waals surface area contributed by atoms with Gasteiger partial charge in [-0.25, -0.2) is 4.98 Å². The Balaban J connectivity index is 2.29. The molecule has 1 aromatic rings. The van der Waals surface area contributed by atoms with E-state index in [1.807, 2.05) is 6.07 Å². The number of aromatic nitrogens is 2. The highest BCUT2D eigenvalue weighted by Crippen LogP contribution is 2.38. The first kappa shape index (κ1) is 13.7. The minimum atomic E-state index is 0.105. The number of rotatable bonds is 2. The number of hydrogen-bond donors (Lipinski definition) is 1. The topological polar surface area (TPSA) is 28.7 Å². The van der Waals surface area contributed by atoms with Crippen LogP contribution in [0.3, 0.4) is 0 Å². The van der Waals surface area contributed by atoms with Crippen LogP contribution < -0.4 is 0 Å². The first-order chi connectivity index (χ1) is 8.40. The van der Waals surface area contributed by atoms with Crippen LogP contribution >= 0.6 is 12.2 Å². The van der Waals surface area contributed by atoms with Gasteiger partial charge in [0.25, 0.3) is 0 Å². The second-order valence-electron chi connectivity index (χ2n) is 6.55. The van der Waals surface area contributed by atoms with Gasteiger partial charge in [-0.1, -0.05) is 46.3 Å². The van der Waals surface area contributed by atoms with Crippen molar-refractivity contribution >= 4 is 12.2 Å². The number of nitrogens with one attached hydrogen (secondary N) is 1. The monoisotopic (exact) mass is 264 g/mol. The molecule has 0 amide bonds. The molecule has 1 N–H and O–H groups in total. The molecular weight excluding hydrogens is 240 g/mol. The molecule has 0 aromatic carbocycles. The summed E-state index contributed by atoms with van der Waals surface area (Å²) in [6.07, 6.45) is 5.14. The van der Waals surface area contributed by atoms with Crippen LogP contribution in [0.1, 0.15) is 70.8 Å². The van der Waals surface area contributed by atoms with Crippen molar-refractivity contribution in [2.75, 3.05) is 0 Å². The Bertz CT molecular complexity index is 470. The van der Waals surface area contributed by atoms with Crippen LogP contribution in [0.4, 0.5) is 0 Å².